The van der Waals surface area contributed by atoms with Crippen molar-refractivity contribution in [2.24, 2.45) is 11.7 Å². The van der Waals surface area contributed by atoms with Gasteiger partial charge in [0.15, 0.2) is 0 Å². The maximum absolute atomic E-state index is 5.64. The van der Waals surface area contributed by atoms with Gasteiger partial charge in [0.25, 0.3) is 0 Å². The van der Waals surface area contributed by atoms with Gasteiger partial charge in [0, 0.05) is 23.2 Å². The average Bonchev–Trinajstić information content (AvgIpc) is 2.30. The number of benzene rings is 1. The highest BCUT2D eigenvalue weighted by Crippen LogP contribution is 2.26. The van der Waals surface area contributed by atoms with E-state index in [2.05, 4.69) is 45.1 Å². The van der Waals surface area contributed by atoms with Crippen LogP contribution in [0.1, 0.15) is 19.3 Å². The minimum Gasteiger partial charge on any atom is -0.371 e. The maximum Gasteiger partial charge on any atom is 0.0377 e. The summed E-state index contributed by atoms with van der Waals surface area (Å²) in [6, 6.07) is 8.57. The van der Waals surface area contributed by atoms with E-state index in [1.165, 1.54) is 25.1 Å². The highest BCUT2D eigenvalue weighted by molar-refractivity contribution is 9.10. The molecule has 16 heavy (non-hydrogen) atoms. The molecule has 1 aromatic carbocycles. The Kier molecular flexibility index (Phi) is 4.24. The summed E-state index contributed by atoms with van der Waals surface area (Å²) in [6.07, 6.45) is 3.78. The van der Waals surface area contributed by atoms with Gasteiger partial charge >= 0.3 is 0 Å². The predicted octanol–water partition coefficient (Wildman–Crippen LogP) is 3.01. The van der Waals surface area contributed by atoms with E-state index in [0.29, 0.717) is 0 Å². The molecule has 0 spiro atoms. The number of hydrogen-bond acceptors (Lipinski definition) is 2. The Labute approximate surface area is 106 Å². The van der Waals surface area contributed by atoms with Gasteiger partial charge in [-0.25, -0.2) is 0 Å². The van der Waals surface area contributed by atoms with E-state index in [1.54, 1.807) is 0 Å². The van der Waals surface area contributed by atoms with Gasteiger partial charge in [0.2, 0.25) is 0 Å². The maximum atomic E-state index is 5.64. The summed E-state index contributed by atoms with van der Waals surface area (Å²) < 4.78 is 1.16. The van der Waals surface area contributed by atoms with Crippen LogP contribution in [-0.4, -0.2) is 19.6 Å². The van der Waals surface area contributed by atoms with Crippen LogP contribution >= 0.6 is 15.9 Å². The first-order valence-corrected chi connectivity index (χ1v) is 6.79. The molecule has 1 fully saturated rings. The standard InChI is InChI=1S/C13H19BrN2/c14-12-4-1-5-13(9-12)16-8-2-3-11(10-16)6-7-15/h1,4-5,9,11H,2-3,6-8,10,15H2. The molecular formula is C13H19BrN2. The second-order valence-electron chi connectivity index (χ2n) is 4.51. The number of hydrogen-bond donors (Lipinski definition) is 1. The Bertz CT molecular complexity index is 338. The van der Waals surface area contributed by atoms with Crippen molar-refractivity contribution in [2.75, 3.05) is 24.5 Å². The van der Waals surface area contributed by atoms with Crippen LogP contribution < -0.4 is 10.6 Å². The normalized spacial score (nSPS) is 21.1. The third-order valence-electron chi connectivity index (χ3n) is 3.27. The van der Waals surface area contributed by atoms with Crippen LogP contribution in [0.3, 0.4) is 0 Å². The molecule has 0 aliphatic carbocycles. The van der Waals surface area contributed by atoms with E-state index < -0.39 is 0 Å². The van der Waals surface area contributed by atoms with Gasteiger partial charge in [0.05, 0.1) is 0 Å². The molecule has 1 saturated heterocycles. The van der Waals surface area contributed by atoms with E-state index in [0.717, 1.165) is 29.9 Å². The Morgan fingerprint density at radius 1 is 1.44 bits per heavy atom. The number of halogens is 1. The summed E-state index contributed by atoms with van der Waals surface area (Å²) >= 11 is 3.53. The fraction of sp³-hybridized carbons (Fsp3) is 0.538. The van der Waals surface area contributed by atoms with Crippen LogP contribution in [0.5, 0.6) is 0 Å². The molecule has 1 aliphatic rings. The molecular weight excluding hydrogens is 264 g/mol. The highest BCUT2D eigenvalue weighted by Gasteiger charge is 2.19. The monoisotopic (exact) mass is 282 g/mol. The van der Waals surface area contributed by atoms with Crippen molar-refractivity contribution < 1.29 is 0 Å². The van der Waals surface area contributed by atoms with E-state index >= 15 is 0 Å². The fourth-order valence-corrected chi connectivity index (χ4v) is 2.83. The SMILES string of the molecule is NCCC1CCCN(c2cccc(Br)c2)C1. The van der Waals surface area contributed by atoms with E-state index in [-0.39, 0.29) is 0 Å². The van der Waals surface area contributed by atoms with Crippen LogP contribution in [0.15, 0.2) is 28.7 Å². The minimum absolute atomic E-state index is 0.776. The van der Waals surface area contributed by atoms with Gasteiger partial charge in [-0.2, -0.15) is 0 Å². The number of nitrogens with zero attached hydrogens (tertiary/aromatic N) is 1. The third-order valence-corrected chi connectivity index (χ3v) is 3.76. The van der Waals surface area contributed by atoms with Crippen LogP contribution in [0.25, 0.3) is 0 Å². The lowest BCUT2D eigenvalue weighted by atomic mass is 9.94. The van der Waals surface area contributed by atoms with Crippen molar-refractivity contribution in [3.05, 3.63) is 28.7 Å². The lowest BCUT2D eigenvalue weighted by molar-refractivity contribution is 0.396. The second kappa shape index (κ2) is 5.69. The molecule has 1 atom stereocenters. The van der Waals surface area contributed by atoms with Gasteiger partial charge in [-0.1, -0.05) is 22.0 Å². The molecule has 0 aromatic heterocycles. The first-order valence-electron chi connectivity index (χ1n) is 6.00. The van der Waals surface area contributed by atoms with E-state index in [9.17, 15) is 0 Å². The summed E-state index contributed by atoms with van der Waals surface area (Å²) in [6.45, 7) is 3.15. The van der Waals surface area contributed by atoms with Gasteiger partial charge in [-0.3, -0.25) is 0 Å². The van der Waals surface area contributed by atoms with Crippen LogP contribution in [-0.2, 0) is 0 Å². The smallest absolute Gasteiger partial charge is 0.0377 e. The zero-order valence-electron chi connectivity index (χ0n) is 9.53. The topological polar surface area (TPSA) is 29.3 Å². The molecule has 1 aromatic rings. The summed E-state index contributed by atoms with van der Waals surface area (Å²) in [5, 5.41) is 0. The summed E-state index contributed by atoms with van der Waals surface area (Å²) in [5.41, 5.74) is 6.97. The van der Waals surface area contributed by atoms with Crippen molar-refractivity contribution in [3.63, 3.8) is 0 Å². The van der Waals surface area contributed by atoms with Crippen molar-refractivity contribution in [3.8, 4) is 0 Å². The molecule has 1 heterocycles. The molecule has 2 N–H and O–H groups in total. The van der Waals surface area contributed by atoms with Crippen molar-refractivity contribution in [2.45, 2.75) is 19.3 Å². The zero-order valence-corrected chi connectivity index (χ0v) is 11.1. The molecule has 2 nitrogen and oxygen atoms in total. The van der Waals surface area contributed by atoms with Gasteiger partial charge < -0.3 is 10.6 Å². The van der Waals surface area contributed by atoms with Crippen LogP contribution in [0, 0.1) is 5.92 Å². The molecule has 0 amide bonds. The van der Waals surface area contributed by atoms with Gasteiger partial charge in [-0.15, -0.1) is 0 Å². The molecule has 1 unspecified atom stereocenters. The molecule has 88 valence electrons. The number of anilines is 1. The first-order chi connectivity index (χ1) is 7.79. The Balaban J connectivity index is 2.03. The van der Waals surface area contributed by atoms with Crippen molar-refractivity contribution >= 4 is 21.6 Å². The van der Waals surface area contributed by atoms with Crippen molar-refractivity contribution in [1.82, 2.24) is 0 Å². The first kappa shape index (κ1) is 11.9. The molecule has 2 rings (SSSR count). The van der Waals surface area contributed by atoms with E-state index in [1.807, 2.05) is 0 Å². The second-order valence-corrected chi connectivity index (χ2v) is 5.43. The van der Waals surface area contributed by atoms with Crippen LogP contribution in [0.2, 0.25) is 0 Å². The van der Waals surface area contributed by atoms with Gasteiger partial charge in [0.1, 0.15) is 0 Å². The zero-order chi connectivity index (χ0) is 11.4. The Morgan fingerprint density at radius 2 is 2.31 bits per heavy atom. The van der Waals surface area contributed by atoms with Crippen LogP contribution in [0.4, 0.5) is 5.69 Å². The molecule has 0 saturated carbocycles. The lowest BCUT2D eigenvalue weighted by Crippen LogP contribution is -2.36. The fourth-order valence-electron chi connectivity index (χ4n) is 2.44. The number of nitrogens with two attached hydrogens (primary N) is 1. The number of piperidine rings is 1. The summed E-state index contributed by atoms with van der Waals surface area (Å²) in [5.74, 6) is 0.776. The third kappa shape index (κ3) is 2.98. The molecule has 0 radical (unpaired) electrons. The molecule has 0 bridgehead atoms. The average molecular weight is 283 g/mol. The number of rotatable bonds is 3. The summed E-state index contributed by atoms with van der Waals surface area (Å²) in [4.78, 5) is 2.48. The Morgan fingerprint density at radius 3 is 3.06 bits per heavy atom. The Hall–Kier alpha value is -0.540. The highest BCUT2D eigenvalue weighted by atomic mass is 79.9. The van der Waals surface area contributed by atoms with Gasteiger partial charge in [-0.05, 0) is 49.9 Å². The lowest BCUT2D eigenvalue weighted by Gasteiger charge is -2.34. The quantitative estimate of drug-likeness (QED) is 0.924. The van der Waals surface area contributed by atoms with E-state index in [4.69, 9.17) is 5.73 Å². The summed E-state index contributed by atoms with van der Waals surface area (Å²) in [7, 11) is 0. The largest absolute Gasteiger partial charge is 0.371 e. The van der Waals surface area contributed by atoms with Crippen molar-refractivity contribution in [1.29, 1.82) is 0 Å². The molecule has 3 heteroatoms. The molecule has 1 aliphatic heterocycles. The predicted molar refractivity (Wildman–Crippen MR) is 72.8 cm³/mol. The minimum atomic E-state index is 0.776.